The fourth-order valence-corrected chi connectivity index (χ4v) is 6.85. The zero-order valence-electron chi connectivity index (χ0n) is 26.1. The average molecular weight is 608 g/mol. The third-order valence-electron chi connectivity index (χ3n) is 9.06. The van der Waals surface area contributed by atoms with Crippen LogP contribution in [0.5, 0.6) is 0 Å². The highest BCUT2D eigenvalue weighted by atomic mass is 16.6. The molecule has 2 atom stereocenters. The Morgan fingerprint density at radius 3 is 2.20 bits per heavy atom. The van der Waals surface area contributed by atoms with Crippen LogP contribution in [0.15, 0.2) is 78.9 Å². The Kier molecular flexibility index (Phi) is 8.51. The van der Waals surface area contributed by atoms with E-state index in [1.165, 1.54) is 0 Å². The van der Waals surface area contributed by atoms with E-state index < -0.39 is 30.4 Å². The first-order valence-electron chi connectivity index (χ1n) is 15.8. The normalized spacial score (nSPS) is 21.6. The maximum atomic E-state index is 14.2. The van der Waals surface area contributed by atoms with Gasteiger partial charge in [-0.1, -0.05) is 72.8 Å². The van der Waals surface area contributed by atoms with Crippen LogP contribution >= 0.6 is 0 Å². The number of benzene rings is 3. The summed E-state index contributed by atoms with van der Waals surface area (Å²) in [6.07, 6.45) is 2.30. The van der Waals surface area contributed by atoms with Crippen LogP contribution in [0.4, 0.5) is 4.79 Å². The fourth-order valence-electron chi connectivity index (χ4n) is 6.85. The molecule has 2 heterocycles. The summed E-state index contributed by atoms with van der Waals surface area (Å²) in [6, 6.07) is 24.8. The largest absolute Gasteiger partial charge is 0.444 e. The maximum Gasteiger partial charge on any atom is 0.411 e. The highest BCUT2D eigenvalue weighted by Gasteiger charge is 2.45. The summed E-state index contributed by atoms with van der Waals surface area (Å²) in [4.78, 5) is 45.6. The Balaban J connectivity index is 1.39. The van der Waals surface area contributed by atoms with Crippen molar-refractivity contribution in [2.45, 2.75) is 76.6 Å². The van der Waals surface area contributed by atoms with Crippen molar-refractivity contribution in [2.75, 3.05) is 6.61 Å². The zero-order chi connectivity index (χ0) is 31.7. The number of aromatic nitrogens is 1. The third kappa shape index (κ3) is 6.38. The van der Waals surface area contributed by atoms with E-state index in [0.29, 0.717) is 32.1 Å². The Labute approximate surface area is 263 Å². The van der Waals surface area contributed by atoms with E-state index in [9.17, 15) is 19.5 Å². The molecule has 1 aromatic heterocycles. The minimum atomic E-state index is -0.817. The molecule has 8 heteroatoms. The second kappa shape index (κ2) is 12.5. The lowest BCUT2D eigenvalue weighted by Crippen LogP contribution is -2.57. The van der Waals surface area contributed by atoms with Crippen molar-refractivity contribution in [1.29, 1.82) is 0 Å². The van der Waals surface area contributed by atoms with Crippen LogP contribution < -0.4 is 5.32 Å². The number of Topliss-reactive ketones (excluding diaryl/α,β-unsaturated/α-hetero) is 1. The van der Waals surface area contributed by atoms with Crippen molar-refractivity contribution in [3.63, 3.8) is 0 Å². The Morgan fingerprint density at radius 1 is 0.889 bits per heavy atom. The van der Waals surface area contributed by atoms with Gasteiger partial charge in [-0.25, -0.2) is 4.79 Å². The number of H-pyrrole nitrogens is 1. The van der Waals surface area contributed by atoms with Crippen molar-refractivity contribution >= 4 is 28.7 Å². The van der Waals surface area contributed by atoms with Crippen LogP contribution in [-0.2, 0) is 20.7 Å². The van der Waals surface area contributed by atoms with Crippen molar-refractivity contribution in [3.05, 3.63) is 95.7 Å². The first kappa shape index (κ1) is 30.6. The van der Waals surface area contributed by atoms with Gasteiger partial charge in [0.05, 0.1) is 0 Å². The maximum absolute atomic E-state index is 14.2. The molecule has 0 unspecified atom stereocenters. The number of aromatic amines is 1. The lowest BCUT2D eigenvalue weighted by molar-refractivity contribution is -0.129. The average Bonchev–Trinajstić information content (AvgIpc) is 3.42. The van der Waals surface area contributed by atoms with Gasteiger partial charge in [-0.3, -0.25) is 14.5 Å². The first-order chi connectivity index (χ1) is 21.6. The number of aliphatic hydroxyl groups excluding tert-OH is 1. The van der Waals surface area contributed by atoms with E-state index >= 15 is 0 Å². The molecule has 1 aliphatic carbocycles. The molecule has 234 valence electrons. The molecular weight excluding hydrogens is 566 g/mol. The highest BCUT2D eigenvalue weighted by Crippen LogP contribution is 2.42. The molecule has 1 aliphatic heterocycles. The number of carbonyl (C=O) groups excluding carboxylic acids is 3. The minimum absolute atomic E-state index is 0.117. The van der Waals surface area contributed by atoms with Gasteiger partial charge in [0.15, 0.2) is 5.78 Å². The summed E-state index contributed by atoms with van der Waals surface area (Å²) in [5, 5.41) is 13.5. The molecule has 1 saturated carbocycles. The number of amides is 2. The summed E-state index contributed by atoms with van der Waals surface area (Å²) >= 11 is 0. The number of hydrogen-bond acceptors (Lipinski definition) is 5. The van der Waals surface area contributed by atoms with Crippen molar-refractivity contribution in [2.24, 2.45) is 5.92 Å². The van der Waals surface area contributed by atoms with Crippen LogP contribution in [0.1, 0.15) is 69.3 Å². The predicted molar refractivity (Wildman–Crippen MR) is 174 cm³/mol. The molecular formula is C37H41N3O5. The van der Waals surface area contributed by atoms with Crippen LogP contribution in [0, 0.1) is 5.92 Å². The van der Waals surface area contributed by atoms with E-state index in [1.807, 2.05) is 69.3 Å². The summed E-state index contributed by atoms with van der Waals surface area (Å²) in [5.74, 6) is -0.552. The van der Waals surface area contributed by atoms with Gasteiger partial charge >= 0.3 is 6.09 Å². The van der Waals surface area contributed by atoms with Gasteiger partial charge in [0.1, 0.15) is 24.3 Å². The Hall–Kier alpha value is -4.43. The van der Waals surface area contributed by atoms with E-state index in [-0.39, 0.29) is 23.7 Å². The topological polar surface area (TPSA) is 112 Å². The lowest BCUT2D eigenvalue weighted by Gasteiger charge is -2.42. The number of fused-ring (bicyclic) bond motifs is 3. The third-order valence-corrected chi connectivity index (χ3v) is 9.06. The number of ether oxygens (including phenoxy) is 1. The smallest absolute Gasteiger partial charge is 0.411 e. The summed E-state index contributed by atoms with van der Waals surface area (Å²) in [6.45, 7) is 5.03. The van der Waals surface area contributed by atoms with Crippen LogP contribution in [0.2, 0.25) is 0 Å². The van der Waals surface area contributed by atoms with Crippen LogP contribution in [0.25, 0.3) is 22.0 Å². The molecule has 8 nitrogen and oxygen atoms in total. The molecule has 0 spiro atoms. The zero-order valence-corrected chi connectivity index (χ0v) is 26.1. The van der Waals surface area contributed by atoms with Crippen molar-refractivity contribution in [3.8, 4) is 11.1 Å². The van der Waals surface area contributed by atoms with Gasteiger partial charge in [0.2, 0.25) is 5.91 Å². The van der Waals surface area contributed by atoms with Gasteiger partial charge in [-0.2, -0.15) is 0 Å². The van der Waals surface area contributed by atoms with Crippen LogP contribution in [-0.4, -0.2) is 57.1 Å². The molecule has 3 aromatic carbocycles. The second-order valence-corrected chi connectivity index (χ2v) is 13.2. The molecule has 4 aromatic rings. The van der Waals surface area contributed by atoms with E-state index in [0.717, 1.165) is 38.9 Å². The number of nitrogens with one attached hydrogen (secondary N) is 2. The summed E-state index contributed by atoms with van der Waals surface area (Å²) in [7, 11) is 0. The monoisotopic (exact) mass is 607 g/mol. The Morgan fingerprint density at radius 2 is 1.53 bits per heavy atom. The fraction of sp³-hybridized carbons (Fsp3) is 0.378. The number of aliphatic hydroxyl groups is 1. The van der Waals surface area contributed by atoms with Gasteiger partial charge in [0.25, 0.3) is 0 Å². The van der Waals surface area contributed by atoms with Crippen molar-refractivity contribution < 1.29 is 24.2 Å². The highest BCUT2D eigenvalue weighted by molar-refractivity contribution is 5.91. The van der Waals surface area contributed by atoms with Crippen molar-refractivity contribution in [1.82, 2.24) is 15.2 Å². The van der Waals surface area contributed by atoms with E-state index in [4.69, 9.17) is 4.74 Å². The summed E-state index contributed by atoms with van der Waals surface area (Å²) < 4.78 is 5.97. The molecule has 0 bridgehead atoms. The SMILES string of the molecule is CC(C)(C)OC(=O)N1[C@@H](c2ccc(-c3ccccc3)cc2)c2[nH]c3ccccc3c2C[C@@H]1C(=O)NC1CCC(C(=O)CO)CC1. The molecule has 6 rings (SSSR count). The molecule has 0 radical (unpaired) electrons. The lowest BCUT2D eigenvalue weighted by atomic mass is 9.83. The van der Waals surface area contributed by atoms with Crippen LogP contribution in [0.3, 0.4) is 0 Å². The van der Waals surface area contributed by atoms with Gasteiger partial charge < -0.3 is 20.1 Å². The second-order valence-electron chi connectivity index (χ2n) is 13.2. The molecule has 2 amide bonds. The van der Waals surface area contributed by atoms with E-state index in [2.05, 4.69) is 40.6 Å². The molecule has 0 saturated heterocycles. The molecule has 3 N–H and O–H groups in total. The predicted octanol–water partition coefficient (Wildman–Crippen LogP) is 6.32. The number of para-hydroxylation sites is 1. The number of carbonyl (C=O) groups is 3. The molecule has 1 fully saturated rings. The molecule has 2 aliphatic rings. The number of hydrogen-bond donors (Lipinski definition) is 3. The number of nitrogens with zero attached hydrogens (tertiary/aromatic N) is 1. The van der Waals surface area contributed by atoms with Gasteiger partial charge in [0, 0.05) is 35.0 Å². The number of ketones is 1. The first-order valence-corrected chi connectivity index (χ1v) is 15.8. The van der Waals surface area contributed by atoms with Gasteiger partial charge in [-0.15, -0.1) is 0 Å². The minimum Gasteiger partial charge on any atom is -0.444 e. The summed E-state index contributed by atoms with van der Waals surface area (Å²) in [5.41, 5.74) is 5.09. The quantitative estimate of drug-likeness (QED) is 0.238. The van der Waals surface area contributed by atoms with Gasteiger partial charge in [-0.05, 0) is 74.8 Å². The standard InChI is InChI=1S/C37H41N3O5/c1-37(2,3)45-36(44)40-31(35(43)38-27-19-17-25(18-20-27)32(42)22-41)21-29-28-11-7-8-12-30(28)39-33(29)34(40)26-15-13-24(14-16-26)23-9-5-4-6-10-23/h4-16,25,27,31,34,39,41H,17-22H2,1-3H3,(H,38,43)/t25?,27?,31-,34+/m1/s1. The Bertz CT molecular complexity index is 1680. The molecule has 45 heavy (non-hydrogen) atoms. The van der Waals surface area contributed by atoms with E-state index in [1.54, 1.807) is 4.90 Å². The number of rotatable bonds is 6.